The number of hydrogen-bond donors (Lipinski definition) is 0. The first-order valence-electron chi connectivity index (χ1n) is 7.58. The Kier molecular flexibility index (Phi) is 6.74. The maximum atomic E-state index is 12.4. The molecule has 0 fully saturated rings. The van der Waals surface area contributed by atoms with E-state index >= 15 is 0 Å². The van der Waals surface area contributed by atoms with Crippen LogP contribution < -0.4 is 5.56 Å². The number of esters is 1. The van der Waals surface area contributed by atoms with E-state index in [0.29, 0.717) is 12.0 Å². The molecule has 0 N–H and O–H groups in total. The summed E-state index contributed by atoms with van der Waals surface area (Å²) in [4.78, 5) is 26.5. The molecule has 1 atom stereocenters. The van der Waals surface area contributed by atoms with Crippen LogP contribution in [0, 0.1) is 12.8 Å². The predicted octanol–water partition coefficient (Wildman–Crippen LogP) is 1.42. The maximum Gasteiger partial charge on any atom is 0.330 e. The minimum absolute atomic E-state index is 0.232. The summed E-state index contributed by atoms with van der Waals surface area (Å²) in [6.07, 6.45) is 1.25. The van der Waals surface area contributed by atoms with Crippen LogP contribution in [0.5, 0.6) is 0 Å². The van der Waals surface area contributed by atoms with Gasteiger partial charge in [-0.1, -0.05) is 13.8 Å². The van der Waals surface area contributed by atoms with Crippen molar-refractivity contribution < 1.29 is 9.53 Å². The Labute approximate surface area is 132 Å². The van der Waals surface area contributed by atoms with Gasteiger partial charge in [-0.3, -0.25) is 4.79 Å². The van der Waals surface area contributed by atoms with Crippen molar-refractivity contribution in [1.82, 2.24) is 14.7 Å². The zero-order chi connectivity index (χ0) is 16.9. The Hall–Kier alpha value is -1.69. The van der Waals surface area contributed by atoms with Gasteiger partial charge in [0.25, 0.3) is 5.56 Å². The van der Waals surface area contributed by atoms with Gasteiger partial charge >= 0.3 is 5.97 Å². The van der Waals surface area contributed by atoms with Gasteiger partial charge in [0.1, 0.15) is 0 Å². The number of rotatable bonds is 7. The van der Waals surface area contributed by atoms with Crippen molar-refractivity contribution in [2.75, 3.05) is 27.7 Å². The molecular weight excluding hydrogens is 282 g/mol. The Balaban J connectivity index is 3.23. The fraction of sp³-hybridized carbons (Fsp3) is 0.688. The predicted molar refractivity (Wildman–Crippen MR) is 86.0 cm³/mol. The minimum atomic E-state index is -0.671. The summed E-state index contributed by atoms with van der Waals surface area (Å²) in [6.45, 7) is 6.59. The molecule has 6 nitrogen and oxygen atoms in total. The van der Waals surface area contributed by atoms with Crippen molar-refractivity contribution >= 4 is 5.97 Å². The van der Waals surface area contributed by atoms with Crippen molar-refractivity contribution in [3.05, 3.63) is 27.7 Å². The number of ether oxygens (including phenoxy) is 1. The Morgan fingerprint density at radius 2 is 2.05 bits per heavy atom. The topological polar surface area (TPSA) is 64.4 Å². The first kappa shape index (κ1) is 18.4. The van der Waals surface area contributed by atoms with Gasteiger partial charge in [0.05, 0.1) is 12.8 Å². The van der Waals surface area contributed by atoms with Crippen LogP contribution in [0.2, 0.25) is 0 Å². The highest BCUT2D eigenvalue weighted by atomic mass is 16.5. The van der Waals surface area contributed by atoms with Gasteiger partial charge < -0.3 is 9.64 Å². The lowest BCUT2D eigenvalue weighted by Gasteiger charge is -2.20. The van der Waals surface area contributed by atoms with Gasteiger partial charge in [0.2, 0.25) is 0 Å². The number of aryl methyl sites for hydroxylation is 1. The van der Waals surface area contributed by atoms with Crippen molar-refractivity contribution in [2.24, 2.45) is 5.92 Å². The molecule has 0 saturated heterocycles. The van der Waals surface area contributed by atoms with Crippen LogP contribution in [0.3, 0.4) is 0 Å². The molecule has 0 bridgehead atoms. The second kappa shape index (κ2) is 8.08. The number of carbonyl (C=O) groups excluding carboxylic acids is 1. The lowest BCUT2D eigenvalue weighted by Crippen LogP contribution is -2.35. The molecule has 0 unspecified atom stereocenters. The lowest BCUT2D eigenvalue weighted by atomic mass is 10.0. The van der Waals surface area contributed by atoms with E-state index in [1.54, 1.807) is 13.0 Å². The normalized spacial score (nSPS) is 12.7. The first-order chi connectivity index (χ1) is 10.3. The number of nitrogens with zero attached hydrogens (tertiary/aromatic N) is 3. The number of hydrogen-bond acceptors (Lipinski definition) is 5. The molecule has 0 aliphatic heterocycles. The van der Waals surface area contributed by atoms with Crippen LogP contribution >= 0.6 is 0 Å². The van der Waals surface area contributed by atoms with E-state index in [1.165, 1.54) is 11.8 Å². The van der Waals surface area contributed by atoms with Gasteiger partial charge in [-0.15, -0.1) is 0 Å². The molecule has 0 radical (unpaired) electrons. The third-order valence-electron chi connectivity index (χ3n) is 3.44. The number of likely N-dealkylation sites (N-methyl/N-ethyl adjacent to an activating group) is 1. The van der Waals surface area contributed by atoms with Crippen molar-refractivity contribution in [3.63, 3.8) is 0 Å². The van der Waals surface area contributed by atoms with Crippen LogP contribution in [0.4, 0.5) is 0 Å². The third kappa shape index (κ3) is 4.94. The largest absolute Gasteiger partial charge is 0.467 e. The van der Waals surface area contributed by atoms with E-state index in [4.69, 9.17) is 4.74 Å². The molecule has 1 heterocycles. The van der Waals surface area contributed by atoms with E-state index in [-0.39, 0.29) is 11.5 Å². The third-order valence-corrected chi connectivity index (χ3v) is 3.44. The lowest BCUT2D eigenvalue weighted by molar-refractivity contribution is -0.145. The number of aromatic nitrogens is 2. The Morgan fingerprint density at radius 3 is 2.55 bits per heavy atom. The molecule has 0 saturated carbocycles. The maximum absolute atomic E-state index is 12.4. The van der Waals surface area contributed by atoms with Crippen LogP contribution in [0.25, 0.3) is 0 Å². The van der Waals surface area contributed by atoms with Gasteiger partial charge in [0, 0.05) is 18.5 Å². The molecule has 0 aliphatic carbocycles. The summed E-state index contributed by atoms with van der Waals surface area (Å²) in [5, 5.41) is 4.40. The second-order valence-corrected chi connectivity index (χ2v) is 6.29. The van der Waals surface area contributed by atoms with Gasteiger partial charge in [-0.05, 0) is 39.4 Å². The molecule has 1 rings (SSSR count). The highest BCUT2D eigenvalue weighted by Crippen LogP contribution is 2.17. The Bertz CT molecular complexity index is 564. The minimum Gasteiger partial charge on any atom is -0.467 e. The average Bonchev–Trinajstić information content (AvgIpc) is 2.45. The summed E-state index contributed by atoms with van der Waals surface area (Å²) in [6, 6.07) is 1.13. The molecule has 0 amide bonds. The molecule has 0 aliphatic rings. The molecule has 124 valence electrons. The van der Waals surface area contributed by atoms with Crippen LogP contribution in [-0.2, 0) is 16.0 Å². The molecule has 6 heteroatoms. The standard InChI is InChI=1S/C16H27N3O3/c1-11(2)9-14(16(21)22-6)19-15(20)12(3)10-13(17-19)7-8-18(4)5/h10-11,14H,7-9H2,1-6H3/t14-/m0/s1. The molecule has 0 spiro atoms. The zero-order valence-electron chi connectivity index (χ0n) is 14.4. The van der Waals surface area contributed by atoms with Crippen LogP contribution in [0.15, 0.2) is 10.9 Å². The molecular formula is C16H27N3O3. The van der Waals surface area contributed by atoms with Gasteiger partial charge in [-0.2, -0.15) is 5.10 Å². The summed E-state index contributed by atoms with van der Waals surface area (Å²) >= 11 is 0. The number of carbonyl (C=O) groups is 1. The quantitative estimate of drug-likeness (QED) is 0.713. The van der Waals surface area contributed by atoms with E-state index < -0.39 is 12.0 Å². The van der Waals surface area contributed by atoms with Crippen LogP contribution in [-0.4, -0.2) is 48.4 Å². The summed E-state index contributed by atoms with van der Waals surface area (Å²) in [5.41, 5.74) is 1.18. The Morgan fingerprint density at radius 1 is 1.41 bits per heavy atom. The van der Waals surface area contributed by atoms with Crippen molar-refractivity contribution in [1.29, 1.82) is 0 Å². The molecule has 0 aromatic carbocycles. The van der Waals surface area contributed by atoms with Gasteiger partial charge in [-0.25, -0.2) is 9.48 Å². The monoisotopic (exact) mass is 309 g/mol. The first-order valence-corrected chi connectivity index (χ1v) is 7.58. The molecule has 1 aromatic heterocycles. The summed E-state index contributed by atoms with van der Waals surface area (Å²) in [5.74, 6) is -0.170. The fourth-order valence-electron chi connectivity index (χ4n) is 2.26. The highest BCUT2D eigenvalue weighted by Gasteiger charge is 2.25. The molecule has 22 heavy (non-hydrogen) atoms. The molecule has 1 aromatic rings. The van der Waals surface area contributed by atoms with E-state index in [1.807, 2.05) is 27.9 Å². The highest BCUT2D eigenvalue weighted by molar-refractivity contribution is 5.73. The van der Waals surface area contributed by atoms with Gasteiger partial charge in [0.15, 0.2) is 6.04 Å². The van der Waals surface area contributed by atoms with Crippen molar-refractivity contribution in [2.45, 2.75) is 39.7 Å². The van der Waals surface area contributed by atoms with Crippen LogP contribution in [0.1, 0.15) is 37.6 Å². The summed E-state index contributed by atoms with van der Waals surface area (Å²) in [7, 11) is 5.31. The smallest absolute Gasteiger partial charge is 0.330 e. The number of methoxy groups -OCH3 is 1. The average molecular weight is 309 g/mol. The van der Waals surface area contributed by atoms with E-state index in [2.05, 4.69) is 10.00 Å². The van der Waals surface area contributed by atoms with E-state index in [9.17, 15) is 9.59 Å². The summed E-state index contributed by atoms with van der Waals surface area (Å²) < 4.78 is 6.15. The SMILES string of the molecule is COC(=O)[C@H](CC(C)C)n1nc(CCN(C)C)cc(C)c1=O. The zero-order valence-corrected chi connectivity index (χ0v) is 14.4. The van der Waals surface area contributed by atoms with E-state index in [0.717, 1.165) is 18.7 Å². The van der Waals surface area contributed by atoms with Crippen molar-refractivity contribution in [3.8, 4) is 0 Å². The fourth-order valence-corrected chi connectivity index (χ4v) is 2.26. The second-order valence-electron chi connectivity index (χ2n) is 6.29.